The number of benzene rings is 3. The van der Waals surface area contributed by atoms with Gasteiger partial charge in [-0.25, -0.2) is 0 Å². The van der Waals surface area contributed by atoms with Crippen molar-refractivity contribution in [3.8, 4) is 0 Å². The Morgan fingerprint density at radius 3 is 2.14 bits per heavy atom. The van der Waals surface area contributed by atoms with Crippen LogP contribution in [0, 0.1) is 13.8 Å². The van der Waals surface area contributed by atoms with E-state index in [0.717, 1.165) is 66.0 Å². The van der Waals surface area contributed by atoms with Crippen molar-refractivity contribution in [1.82, 2.24) is 14.7 Å². The Morgan fingerprint density at radius 2 is 1.53 bits per heavy atom. The molecule has 1 aliphatic rings. The van der Waals surface area contributed by atoms with Crippen molar-refractivity contribution in [2.24, 2.45) is 0 Å². The SMILES string of the molecule is CCCCCc1ccc(CN(C(=O)C=Cc2ccc(C(F)(F)F)cc2)[C@@H](Cc2ccccc2)C(=O)N2CCN(Cc3cc(C)c(C)o3)CC2)cc1. The lowest BCUT2D eigenvalue weighted by Gasteiger charge is -2.39. The lowest BCUT2D eigenvalue weighted by atomic mass is 10.0. The van der Waals surface area contributed by atoms with Crippen LogP contribution in [0.2, 0.25) is 0 Å². The second-order valence-electron chi connectivity index (χ2n) is 13.5. The zero-order valence-corrected chi connectivity index (χ0v) is 29.8. The summed E-state index contributed by atoms with van der Waals surface area (Å²) in [6.07, 6.45) is 3.13. The van der Waals surface area contributed by atoms with Crippen molar-refractivity contribution in [2.45, 2.75) is 78.2 Å². The Bertz CT molecular complexity index is 1720. The maximum absolute atomic E-state index is 14.5. The van der Waals surface area contributed by atoms with Gasteiger partial charge in [0.25, 0.3) is 0 Å². The van der Waals surface area contributed by atoms with Gasteiger partial charge in [0.2, 0.25) is 11.8 Å². The third kappa shape index (κ3) is 10.7. The van der Waals surface area contributed by atoms with E-state index in [0.29, 0.717) is 44.7 Å². The molecular weight excluding hydrogens is 651 g/mol. The minimum absolute atomic E-state index is 0.129. The van der Waals surface area contributed by atoms with Crippen molar-refractivity contribution in [2.75, 3.05) is 26.2 Å². The third-order valence-electron chi connectivity index (χ3n) is 9.60. The molecule has 0 aliphatic carbocycles. The van der Waals surface area contributed by atoms with Crippen LogP contribution in [-0.2, 0) is 41.7 Å². The highest BCUT2D eigenvalue weighted by Crippen LogP contribution is 2.29. The Kier molecular flexibility index (Phi) is 12.9. The van der Waals surface area contributed by atoms with Crippen LogP contribution in [0.15, 0.2) is 95.4 Å². The molecule has 270 valence electrons. The number of carbonyl (C=O) groups is 2. The smallest absolute Gasteiger partial charge is 0.416 e. The molecule has 51 heavy (non-hydrogen) atoms. The minimum atomic E-state index is -4.45. The van der Waals surface area contributed by atoms with Gasteiger partial charge in [0.1, 0.15) is 17.6 Å². The number of unbranched alkanes of at least 4 members (excludes halogenated alkanes) is 2. The Labute approximate surface area is 299 Å². The maximum Gasteiger partial charge on any atom is 0.416 e. The number of nitrogens with zero attached hydrogens (tertiary/aromatic N) is 3. The normalized spacial score (nSPS) is 14.6. The zero-order valence-electron chi connectivity index (χ0n) is 29.8. The molecule has 0 saturated carbocycles. The molecule has 0 unspecified atom stereocenters. The maximum atomic E-state index is 14.5. The molecule has 0 radical (unpaired) electrons. The molecule has 2 amide bonds. The quantitative estimate of drug-likeness (QED) is 0.0977. The Hall–Kier alpha value is -4.63. The molecule has 0 bridgehead atoms. The summed E-state index contributed by atoms with van der Waals surface area (Å²) in [6, 6.07) is 23.8. The van der Waals surface area contributed by atoms with Crippen LogP contribution in [0.1, 0.15) is 71.1 Å². The van der Waals surface area contributed by atoms with Crippen LogP contribution in [0.4, 0.5) is 13.2 Å². The topological polar surface area (TPSA) is 57.0 Å². The number of rotatable bonds is 14. The molecule has 5 rings (SSSR count). The molecule has 1 aromatic heterocycles. The predicted molar refractivity (Wildman–Crippen MR) is 195 cm³/mol. The predicted octanol–water partition coefficient (Wildman–Crippen LogP) is 8.65. The molecule has 1 atom stereocenters. The second-order valence-corrected chi connectivity index (χ2v) is 13.5. The molecule has 9 heteroatoms. The van der Waals surface area contributed by atoms with Crippen LogP contribution in [0.25, 0.3) is 6.08 Å². The van der Waals surface area contributed by atoms with Crippen LogP contribution in [0.5, 0.6) is 0 Å². The summed E-state index contributed by atoms with van der Waals surface area (Å²) >= 11 is 0. The van der Waals surface area contributed by atoms with E-state index in [1.54, 1.807) is 4.90 Å². The fourth-order valence-electron chi connectivity index (χ4n) is 6.43. The third-order valence-corrected chi connectivity index (χ3v) is 9.60. The first-order chi connectivity index (χ1) is 24.5. The van der Waals surface area contributed by atoms with E-state index in [2.05, 4.69) is 30.0 Å². The van der Waals surface area contributed by atoms with Crippen molar-refractivity contribution in [1.29, 1.82) is 0 Å². The van der Waals surface area contributed by atoms with Gasteiger partial charge in [-0.1, -0.05) is 86.5 Å². The van der Waals surface area contributed by atoms with E-state index in [9.17, 15) is 22.8 Å². The molecular formula is C42H48F3N3O3. The van der Waals surface area contributed by atoms with Crippen molar-refractivity contribution < 1.29 is 27.2 Å². The lowest BCUT2D eigenvalue weighted by Crippen LogP contribution is -2.56. The number of hydrogen-bond acceptors (Lipinski definition) is 4. The first-order valence-corrected chi connectivity index (χ1v) is 17.8. The molecule has 1 fully saturated rings. The Morgan fingerprint density at radius 1 is 0.863 bits per heavy atom. The van der Waals surface area contributed by atoms with Gasteiger partial charge in [-0.05, 0) is 78.8 Å². The molecule has 3 aromatic carbocycles. The second kappa shape index (κ2) is 17.5. The van der Waals surface area contributed by atoms with E-state index >= 15 is 0 Å². The number of alkyl halides is 3. The van der Waals surface area contributed by atoms with Crippen molar-refractivity contribution in [3.05, 3.63) is 136 Å². The summed E-state index contributed by atoms with van der Waals surface area (Å²) in [5.74, 6) is 1.29. The van der Waals surface area contributed by atoms with Crippen molar-refractivity contribution >= 4 is 17.9 Å². The van der Waals surface area contributed by atoms with Crippen LogP contribution < -0.4 is 0 Å². The van der Waals surface area contributed by atoms with Gasteiger partial charge in [-0.15, -0.1) is 0 Å². The van der Waals surface area contributed by atoms with Gasteiger partial charge in [0.15, 0.2) is 0 Å². The molecule has 0 N–H and O–H groups in total. The van der Waals surface area contributed by atoms with Gasteiger partial charge >= 0.3 is 6.18 Å². The first-order valence-electron chi connectivity index (χ1n) is 17.8. The average Bonchev–Trinajstić information content (AvgIpc) is 3.45. The fourth-order valence-corrected chi connectivity index (χ4v) is 6.43. The monoisotopic (exact) mass is 699 g/mol. The fraction of sp³-hybridized carbons (Fsp3) is 0.381. The van der Waals surface area contributed by atoms with Gasteiger partial charge < -0.3 is 14.2 Å². The molecule has 0 spiro atoms. The number of halogens is 3. The molecule has 2 heterocycles. The summed E-state index contributed by atoms with van der Waals surface area (Å²) < 4.78 is 45.4. The standard InChI is InChI=1S/C42H48F3N3O3/c1-4-5-7-10-33-13-15-36(16-14-33)29-48(40(49)22-19-34-17-20-37(21-18-34)42(43,44)45)39(28-35-11-8-6-9-12-35)41(50)47-25-23-46(24-26-47)30-38-27-31(2)32(3)51-38/h6,8-9,11-22,27,39H,4-5,7,10,23-26,28-30H2,1-3H3/t39-/m0/s1. The summed E-state index contributed by atoms with van der Waals surface area (Å²) in [6.45, 7) is 9.39. The first kappa shape index (κ1) is 37.6. The lowest BCUT2D eigenvalue weighted by molar-refractivity contribution is -0.145. The Balaban J connectivity index is 1.40. The molecule has 4 aromatic rings. The van der Waals surface area contributed by atoms with Gasteiger partial charge in [-0.3, -0.25) is 14.5 Å². The number of furan rings is 1. The van der Waals surface area contributed by atoms with E-state index in [-0.39, 0.29) is 12.5 Å². The highest BCUT2D eigenvalue weighted by Gasteiger charge is 2.34. The van der Waals surface area contributed by atoms with E-state index < -0.39 is 23.7 Å². The zero-order chi connectivity index (χ0) is 36.4. The number of aryl methyl sites for hydroxylation is 3. The summed E-state index contributed by atoms with van der Waals surface area (Å²) in [5.41, 5.74) is 3.86. The molecule has 1 aliphatic heterocycles. The van der Waals surface area contributed by atoms with E-state index in [4.69, 9.17) is 4.42 Å². The van der Waals surface area contributed by atoms with Crippen LogP contribution in [-0.4, -0.2) is 58.7 Å². The highest BCUT2D eigenvalue weighted by molar-refractivity contribution is 5.95. The van der Waals surface area contributed by atoms with Crippen LogP contribution >= 0.6 is 0 Å². The largest absolute Gasteiger partial charge is 0.465 e. The van der Waals surface area contributed by atoms with Crippen LogP contribution in [0.3, 0.4) is 0 Å². The number of carbonyl (C=O) groups excluding carboxylic acids is 2. The van der Waals surface area contributed by atoms with Gasteiger partial charge in [0, 0.05) is 45.2 Å². The van der Waals surface area contributed by atoms with Gasteiger partial charge in [-0.2, -0.15) is 13.2 Å². The molecule has 1 saturated heterocycles. The van der Waals surface area contributed by atoms with Crippen molar-refractivity contribution in [3.63, 3.8) is 0 Å². The highest BCUT2D eigenvalue weighted by atomic mass is 19.4. The number of hydrogen-bond donors (Lipinski definition) is 0. The summed E-state index contributed by atoms with van der Waals surface area (Å²) in [5, 5.41) is 0. The number of amides is 2. The van der Waals surface area contributed by atoms with E-state index in [1.807, 2.05) is 61.2 Å². The number of piperazine rings is 1. The summed E-state index contributed by atoms with van der Waals surface area (Å²) in [7, 11) is 0. The molecule has 6 nitrogen and oxygen atoms in total. The minimum Gasteiger partial charge on any atom is -0.465 e. The van der Waals surface area contributed by atoms with E-state index in [1.165, 1.54) is 29.8 Å². The summed E-state index contributed by atoms with van der Waals surface area (Å²) in [4.78, 5) is 34.4. The average molecular weight is 700 g/mol. The van der Waals surface area contributed by atoms with Gasteiger partial charge in [0.05, 0.1) is 12.1 Å².